The molecule has 0 heterocycles. The summed E-state index contributed by atoms with van der Waals surface area (Å²) in [4.78, 5) is 10.9. The Morgan fingerprint density at radius 1 is 1.25 bits per heavy atom. The average Bonchev–Trinajstić information content (AvgIpc) is 2.42. The Balaban J connectivity index is 2.49. The molecule has 0 radical (unpaired) electrons. The SMILES string of the molecule is Cc1cc(C#N)cc(C)c1Oc1cccc(F)c1C=O. The van der Waals surface area contributed by atoms with E-state index in [9.17, 15) is 9.18 Å². The van der Waals surface area contributed by atoms with Gasteiger partial charge in [0.1, 0.15) is 17.3 Å². The molecule has 0 saturated heterocycles. The number of hydrogen-bond donors (Lipinski definition) is 0. The molecular formula is C16H12FNO2. The lowest BCUT2D eigenvalue weighted by Crippen LogP contribution is -1.97. The predicted molar refractivity (Wildman–Crippen MR) is 72.5 cm³/mol. The normalized spacial score (nSPS) is 9.90. The van der Waals surface area contributed by atoms with Crippen LogP contribution in [0.25, 0.3) is 0 Å². The summed E-state index contributed by atoms with van der Waals surface area (Å²) in [5, 5.41) is 8.90. The first-order chi connectivity index (χ1) is 9.56. The van der Waals surface area contributed by atoms with Gasteiger partial charge in [0.15, 0.2) is 6.29 Å². The number of nitrogens with zero attached hydrogens (tertiary/aromatic N) is 1. The molecule has 0 aliphatic rings. The highest BCUT2D eigenvalue weighted by atomic mass is 19.1. The maximum atomic E-state index is 13.5. The van der Waals surface area contributed by atoms with Crippen LogP contribution in [0, 0.1) is 31.0 Å². The minimum absolute atomic E-state index is 0.115. The number of carbonyl (C=O) groups is 1. The molecule has 0 unspecified atom stereocenters. The second-order valence-electron chi connectivity index (χ2n) is 4.42. The van der Waals surface area contributed by atoms with Gasteiger partial charge in [-0.05, 0) is 49.2 Å². The third-order valence-electron chi connectivity index (χ3n) is 2.93. The number of hydrogen-bond acceptors (Lipinski definition) is 3. The smallest absolute Gasteiger partial charge is 0.156 e. The molecule has 0 aromatic heterocycles. The molecule has 0 spiro atoms. The number of aryl methyl sites for hydroxylation is 2. The maximum Gasteiger partial charge on any atom is 0.156 e. The average molecular weight is 269 g/mol. The Labute approximate surface area is 116 Å². The summed E-state index contributed by atoms with van der Waals surface area (Å²) in [5.74, 6) is 0.0649. The quantitative estimate of drug-likeness (QED) is 0.793. The zero-order chi connectivity index (χ0) is 14.7. The fourth-order valence-corrected chi connectivity index (χ4v) is 2.01. The van der Waals surface area contributed by atoms with E-state index in [2.05, 4.69) is 6.07 Å². The molecule has 0 atom stereocenters. The van der Waals surface area contributed by atoms with Gasteiger partial charge in [0.05, 0.1) is 17.2 Å². The zero-order valence-electron chi connectivity index (χ0n) is 11.1. The van der Waals surface area contributed by atoms with Crippen LogP contribution in [0.3, 0.4) is 0 Å². The third kappa shape index (κ3) is 2.52. The van der Waals surface area contributed by atoms with Crippen molar-refractivity contribution in [2.24, 2.45) is 0 Å². The van der Waals surface area contributed by atoms with Gasteiger partial charge >= 0.3 is 0 Å². The van der Waals surface area contributed by atoms with Crippen LogP contribution < -0.4 is 4.74 Å². The number of nitriles is 1. The van der Waals surface area contributed by atoms with E-state index >= 15 is 0 Å². The molecule has 2 aromatic carbocycles. The van der Waals surface area contributed by atoms with Crippen molar-refractivity contribution in [3.63, 3.8) is 0 Å². The lowest BCUT2D eigenvalue weighted by molar-refractivity contribution is 0.111. The Hall–Kier alpha value is -2.67. The van der Waals surface area contributed by atoms with Crippen LogP contribution in [0.1, 0.15) is 27.0 Å². The van der Waals surface area contributed by atoms with E-state index in [1.807, 2.05) is 0 Å². The van der Waals surface area contributed by atoms with Gasteiger partial charge in [0, 0.05) is 0 Å². The molecule has 0 N–H and O–H groups in total. The third-order valence-corrected chi connectivity index (χ3v) is 2.93. The van der Waals surface area contributed by atoms with E-state index in [4.69, 9.17) is 10.00 Å². The molecule has 3 nitrogen and oxygen atoms in total. The Morgan fingerprint density at radius 2 is 1.90 bits per heavy atom. The summed E-state index contributed by atoms with van der Waals surface area (Å²) in [6.45, 7) is 3.59. The first-order valence-corrected chi connectivity index (χ1v) is 5.99. The summed E-state index contributed by atoms with van der Waals surface area (Å²) in [6, 6.07) is 9.64. The van der Waals surface area contributed by atoms with E-state index < -0.39 is 5.82 Å². The summed E-state index contributed by atoms with van der Waals surface area (Å²) in [6.07, 6.45) is 0.430. The van der Waals surface area contributed by atoms with Gasteiger partial charge in [0.25, 0.3) is 0 Å². The van der Waals surface area contributed by atoms with E-state index in [1.54, 1.807) is 26.0 Å². The van der Waals surface area contributed by atoms with Crippen LogP contribution in [0.5, 0.6) is 11.5 Å². The maximum absolute atomic E-state index is 13.5. The molecule has 2 aromatic rings. The fourth-order valence-electron chi connectivity index (χ4n) is 2.01. The molecule has 2 rings (SSSR count). The number of aldehydes is 1. The van der Waals surface area contributed by atoms with Crippen molar-refractivity contribution in [1.82, 2.24) is 0 Å². The van der Waals surface area contributed by atoms with Gasteiger partial charge in [-0.1, -0.05) is 6.07 Å². The Bertz CT molecular complexity index is 694. The number of carbonyl (C=O) groups excluding carboxylic acids is 1. The van der Waals surface area contributed by atoms with Crippen molar-refractivity contribution in [2.75, 3.05) is 0 Å². The van der Waals surface area contributed by atoms with Crippen LogP contribution >= 0.6 is 0 Å². The van der Waals surface area contributed by atoms with Crippen molar-refractivity contribution < 1.29 is 13.9 Å². The van der Waals surface area contributed by atoms with Crippen molar-refractivity contribution >= 4 is 6.29 Å². The van der Waals surface area contributed by atoms with Crippen molar-refractivity contribution in [2.45, 2.75) is 13.8 Å². The first kappa shape index (κ1) is 13.8. The molecule has 100 valence electrons. The predicted octanol–water partition coefficient (Wildman–Crippen LogP) is 3.92. The molecule has 0 aliphatic heterocycles. The number of ether oxygens (including phenoxy) is 1. The van der Waals surface area contributed by atoms with Gasteiger partial charge in [-0.15, -0.1) is 0 Å². The van der Waals surface area contributed by atoms with Crippen molar-refractivity contribution in [3.8, 4) is 17.6 Å². The fraction of sp³-hybridized carbons (Fsp3) is 0.125. The summed E-state index contributed by atoms with van der Waals surface area (Å²) < 4.78 is 19.2. The first-order valence-electron chi connectivity index (χ1n) is 5.99. The molecule has 0 saturated carbocycles. The molecule has 0 amide bonds. The van der Waals surface area contributed by atoms with Gasteiger partial charge in [-0.25, -0.2) is 4.39 Å². The molecule has 0 bridgehead atoms. The number of halogens is 1. The highest BCUT2D eigenvalue weighted by Crippen LogP contribution is 2.31. The molecule has 0 aliphatic carbocycles. The van der Waals surface area contributed by atoms with Gasteiger partial charge in [-0.3, -0.25) is 4.79 Å². The van der Waals surface area contributed by atoms with E-state index in [-0.39, 0.29) is 11.3 Å². The number of benzene rings is 2. The molecule has 0 fully saturated rings. The second-order valence-corrected chi connectivity index (χ2v) is 4.42. The van der Waals surface area contributed by atoms with E-state index in [1.165, 1.54) is 18.2 Å². The lowest BCUT2D eigenvalue weighted by Gasteiger charge is -2.13. The Morgan fingerprint density at radius 3 is 2.45 bits per heavy atom. The van der Waals surface area contributed by atoms with Crippen LogP contribution in [-0.4, -0.2) is 6.29 Å². The molecule has 4 heteroatoms. The van der Waals surface area contributed by atoms with Crippen LogP contribution in [0.2, 0.25) is 0 Å². The standard InChI is InChI=1S/C16H12FNO2/c1-10-6-12(8-18)7-11(2)16(10)20-15-5-3-4-14(17)13(15)9-19/h3-7,9H,1-2H3. The molecule has 20 heavy (non-hydrogen) atoms. The summed E-state index contributed by atoms with van der Waals surface area (Å²) in [7, 11) is 0. The second kappa shape index (κ2) is 5.54. The molecular weight excluding hydrogens is 257 g/mol. The number of rotatable bonds is 3. The highest BCUT2D eigenvalue weighted by molar-refractivity contribution is 5.80. The van der Waals surface area contributed by atoms with Crippen LogP contribution in [0.4, 0.5) is 4.39 Å². The van der Waals surface area contributed by atoms with Gasteiger partial charge < -0.3 is 4.74 Å². The summed E-state index contributed by atoms with van der Waals surface area (Å²) >= 11 is 0. The highest BCUT2D eigenvalue weighted by Gasteiger charge is 2.13. The van der Waals surface area contributed by atoms with Crippen molar-refractivity contribution in [1.29, 1.82) is 5.26 Å². The zero-order valence-corrected chi connectivity index (χ0v) is 11.1. The Kier molecular flexibility index (Phi) is 3.81. The van der Waals surface area contributed by atoms with E-state index in [0.29, 0.717) is 17.6 Å². The topological polar surface area (TPSA) is 50.1 Å². The summed E-state index contributed by atoms with van der Waals surface area (Å²) in [5.41, 5.74) is 1.92. The van der Waals surface area contributed by atoms with E-state index in [0.717, 1.165) is 11.1 Å². The minimum Gasteiger partial charge on any atom is -0.456 e. The minimum atomic E-state index is -0.624. The van der Waals surface area contributed by atoms with Gasteiger partial charge in [-0.2, -0.15) is 5.26 Å². The van der Waals surface area contributed by atoms with Crippen LogP contribution in [0.15, 0.2) is 30.3 Å². The van der Waals surface area contributed by atoms with Crippen molar-refractivity contribution in [3.05, 3.63) is 58.4 Å². The largest absolute Gasteiger partial charge is 0.456 e. The lowest BCUT2D eigenvalue weighted by atomic mass is 10.1. The van der Waals surface area contributed by atoms with Crippen LogP contribution in [-0.2, 0) is 0 Å². The monoisotopic (exact) mass is 269 g/mol. The van der Waals surface area contributed by atoms with Gasteiger partial charge in [0.2, 0.25) is 0 Å².